The maximum Gasteiger partial charge on any atom is 0.349 e. The van der Waals surface area contributed by atoms with Crippen LogP contribution in [0.25, 0.3) is 17.5 Å². The molecule has 0 unspecified atom stereocenters. The van der Waals surface area contributed by atoms with Gasteiger partial charge in [0.25, 0.3) is 11.6 Å². The number of aromatic nitrogens is 3. The first kappa shape index (κ1) is 23.4. The lowest BCUT2D eigenvalue weighted by Gasteiger charge is -2.08. The summed E-state index contributed by atoms with van der Waals surface area (Å²) in [5, 5.41) is 27.8. The zero-order chi connectivity index (χ0) is 24.0. The average Bonchev–Trinajstić information content (AvgIpc) is 3.39. The van der Waals surface area contributed by atoms with E-state index in [9.17, 15) is 20.2 Å². The number of esters is 1. The maximum absolute atomic E-state index is 12.4. The number of nitrogens with zero attached hydrogens (tertiary/aromatic N) is 5. The first-order valence-corrected chi connectivity index (χ1v) is 9.85. The number of nitriles is 1. The maximum atomic E-state index is 12.4. The van der Waals surface area contributed by atoms with Gasteiger partial charge >= 0.3 is 5.97 Å². The Hall–Kier alpha value is -4.30. The van der Waals surface area contributed by atoms with Gasteiger partial charge in [-0.15, -0.1) is 10.2 Å². The van der Waals surface area contributed by atoms with Crippen molar-refractivity contribution >= 4 is 17.7 Å². The SMILES string of the molecule is COCCn1c(C)cc(/C=C(\C#N)C(=O)OCc2nnc(-c3ccc([N+](=O)[O-])cc3)o2)c1C. The first-order chi connectivity index (χ1) is 15.8. The lowest BCUT2D eigenvalue weighted by molar-refractivity contribution is -0.384. The molecule has 0 N–H and O–H groups in total. The molecule has 0 aliphatic heterocycles. The van der Waals surface area contributed by atoms with Crippen molar-refractivity contribution in [2.75, 3.05) is 13.7 Å². The van der Waals surface area contributed by atoms with E-state index in [1.165, 1.54) is 30.3 Å². The number of aryl methyl sites for hydroxylation is 1. The largest absolute Gasteiger partial charge is 0.451 e. The van der Waals surface area contributed by atoms with Crippen LogP contribution in [0, 0.1) is 35.3 Å². The van der Waals surface area contributed by atoms with Crippen LogP contribution in [0.1, 0.15) is 22.8 Å². The Balaban J connectivity index is 1.68. The molecule has 2 aromatic heterocycles. The van der Waals surface area contributed by atoms with Gasteiger partial charge in [-0.05, 0) is 43.7 Å². The number of carbonyl (C=O) groups is 1. The Labute approximate surface area is 189 Å². The van der Waals surface area contributed by atoms with Crippen LogP contribution in [-0.2, 0) is 27.4 Å². The van der Waals surface area contributed by atoms with Gasteiger partial charge in [-0.2, -0.15) is 5.26 Å². The Morgan fingerprint density at radius 2 is 2.03 bits per heavy atom. The summed E-state index contributed by atoms with van der Waals surface area (Å²) in [7, 11) is 1.62. The molecule has 170 valence electrons. The van der Waals surface area contributed by atoms with Crippen molar-refractivity contribution in [1.82, 2.24) is 14.8 Å². The topological polar surface area (TPSA) is 146 Å². The van der Waals surface area contributed by atoms with Gasteiger partial charge in [0.05, 0.1) is 11.5 Å². The summed E-state index contributed by atoms with van der Waals surface area (Å²) in [6.07, 6.45) is 1.48. The fourth-order valence-corrected chi connectivity index (χ4v) is 3.15. The van der Waals surface area contributed by atoms with Crippen LogP contribution in [0.5, 0.6) is 0 Å². The molecule has 33 heavy (non-hydrogen) atoms. The molecule has 0 aliphatic rings. The number of methoxy groups -OCH3 is 1. The fourth-order valence-electron chi connectivity index (χ4n) is 3.15. The Kier molecular flexibility index (Phi) is 7.32. The van der Waals surface area contributed by atoms with Crippen LogP contribution >= 0.6 is 0 Å². The van der Waals surface area contributed by atoms with E-state index in [2.05, 4.69) is 10.2 Å². The normalized spacial score (nSPS) is 11.3. The van der Waals surface area contributed by atoms with E-state index >= 15 is 0 Å². The highest BCUT2D eigenvalue weighted by atomic mass is 16.6. The molecule has 0 amide bonds. The van der Waals surface area contributed by atoms with Gasteiger partial charge in [-0.3, -0.25) is 10.1 Å². The lowest BCUT2D eigenvalue weighted by atomic mass is 10.1. The van der Waals surface area contributed by atoms with Gasteiger partial charge in [-0.25, -0.2) is 4.79 Å². The highest BCUT2D eigenvalue weighted by Gasteiger charge is 2.17. The van der Waals surface area contributed by atoms with Gasteiger partial charge in [0.2, 0.25) is 5.89 Å². The molecule has 0 spiro atoms. The van der Waals surface area contributed by atoms with Crippen LogP contribution in [-0.4, -0.2) is 39.4 Å². The molecular formula is C22H21N5O6. The number of ether oxygens (including phenoxy) is 2. The molecule has 1 aromatic carbocycles. The Bertz CT molecular complexity index is 1230. The minimum atomic E-state index is -0.825. The van der Waals surface area contributed by atoms with Crippen molar-refractivity contribution in [3.05, 3.63) is 68.9 Å². The number of hydrogen-bond donors (Lipinski definition) is 0. The number of nitro groups is 1. The van der Waals surface area contributed by atoms with Crippen molar-refractivity contribution in [2.24, 2.45) is 0 Å². The van der Waals surface area contributed by atoms with E-state index in [1.807, 2.05) is 30.6 Å². The monoisotopic (exact) mass is 451 g/mol. The number of non-ortho nitro benzene ring substituents is 1. The van der Waals surface area contributed by atoms with Crippen molar-refractivity contribution in [1.29, 1.82) is 5.26 Å². The molecule has 11 nitrogen and oxygen atoms in total. The summed E-state index contributed by atoms with van der Waals surface area (Å²) >= 11 is 0. The van der Waals surface area contributed by atoms with Gasteiger partial charge < -0.3 is 18.5 Å². The molecule has 0 fully saturated rings. The van der Waals surface area contributed by atoms with E-state index in [0.717, 1.165) is 17.0 Å². The van der Waals surface area contributed by atoms with E-state index in [1.54, 1.807) is 7.11 Å². The minimum absolute atomic E-state index is 0.0201. The third-order valence-corrected chi connectivity index (χ3v) is 4.89. The smallest absolute Gasteiger partial charge is 0.349 e. The summed E-state index contributed by atoms with van der Waals surface area (Å²) in [4.78, 5) is 22.6. The van der Waals surface area contributed by atoms with Crippen LogP contribution in [0.15, 0.2) is 40.3 Å². The van der Waals surface area contributed by atoms with E-state index < -0.39 is 10.9 Å². The Morgan fingerprint density at radius 1 is 1.30 bits per heavy atom. The number of nitro benzene ring substituents is 1. The van der Waals surface area contributed by atoms with E-state index in [0.29, 0.717) is 18.7 Å². The van der Waals surface area contributed by atoms with Gasteiger partial charge in [0, 0.05) is 42.7 Å². The third kappa shape index (κ3) is 5.50. The highest BCUT2D eigenvalue weighted by Crippen LogP contribution is 2.22. The Morgan fingerprint density at radius 3 is 2.67 bits per heavy atom. The number of benzene rings is 1. The van der Waals surface area contributed by atoms with Gasteiger partial charge in [-0.1, -0.05) is 0 Å². The number of rotatable bonds is 9. The molecule has 0 saturated carbocycles. The number of hydrogen-bond acceptors (Lipinski definition) is 9. The summed E-state index contributed by atoms with van der Waals surface area (Å²) in [6.45, 7) is 4.70. The number of carbonyl (C=O) groups excluding carboxylic acids is 1. The average molecular weight is 451 g/mol. The molecule has 0 saturated heterocycles. The van der Waals surface area contributed by atoms with E-state index in [4.69, 9.17) is 13.9 Å². The molecule has 0 bridgehead atoms. The first-order valence-electron chi connectivity index (χ1n) is 9.85. The predicted molar refractivity (Wildman–Crippen MR) is 116 cm³/mol. The molecule has 2 heterocycles. The van der Waals surface area contributed by atoms with Crippen molar-refractivity contribution in [3.8, 4) is 17.5 Å². The van der Waals surface area contributed by atoms with E-state index in [-0.39, 0.29) is 29.6 Å². The summed E-state index contributed by atoms with van der Waals surface area (Å²) in [6, 6.07) is 9.32. The van der Waals surface area contributed by atoms with Crippen molar-refractivity contribution in [2.45, 2.75) is 27.0 Å². The summed E-state index contributed by atoms with van der Waals surface area (Å²) in [5.74, 6) is -0.684. The third-order valence-electron chi connectivity index (χ3n) is 4.89. The quantitative estimate of drug-likeness (QED) is 0.157. The minimum Gasteiger partial charge on any atom is -0.451 e. The van der Waals surface area contributed by atoms with Crippen molar-refractivity contribution < 1.29 is 23.6 Å². The molecule has 3 aromatic rings. The zero-order valence-electron chi connectivity index (χ0n) is 18.3. The van der Waals surface area contributed by atoms with Crippen LogP contribution < -0.4 is 0 Å². The summed E-state index contributed by atoms with van der Waals surface area (Å²) < 4.78 is 17.7. The van der Waals surface area contributed by atoms with Crippen LogP contribution in [0.2, 0.25) is 0 Å². The van der Waals surface area contributed by atoms with Gasteiger partial charge in [0.15, 0.2) is 6.61 Å². The molecule has 0 atom stereocenters. The molecule has 0 radical (unpaired) electrons. The second-order valence-electron chi connectivity index (χ2n) is 7.02. The standard InChI is InChI=1S/C22H21N5O6/c1-14-10-17(15(2)26(14)8-9-31-3)11-18(12-23)22(28)32-13-20-24-25-21(33-20)16-4-6-19(7-5-16)27(29)30/h4-7,10-11H,8-9,13H2,1-3H3/b18-11+. The van der Waals surface area contributed by atoms with Gasteiger partial charge in [0.1, 0.15) is 11.6 Å². The summed E-state index contributed by atoms with van der Waals surface area (Å²) in [5.41, 5.74) is 2.85. The molecule has 11 heteroatoms. The molecule has 0 aliphatic carbocycles. The predicted octanol–water partition coefficient (Wildman–Crippen LogP) is 3.36. The van der Waals surface area contributed by atoms with Crippen LogP contribution in [0.3, 0.4) is 0 Å². The molecular weight excluding hydrogens is 430 g/mol. The molecule has 3 rings (SSSR count). The fraction of sp³-hybridized carbons (Fsp3) is 0.273. The second kappa shape index (κ2) is 10.3. The second-order valence-corrected chi connectivity index (χ2v) is 7.02. The zero-order valence-corrected chi connectivity index (χ0v) is 18.3. The van der Waals surface area contributed by atoms with Crippen molar-refractivity contribution in [3.63, 3.8) is 0 Å². The lowest BCUT2D eigenvalue weighted by Crippen LogP contribution is -2.08. The highest BCUT2D eigenvalue weighted by molar-refractivity contribution is 5.98. The van der Waals surface area contributed by atoms with Crippen LogP contribution in [0.4, 0.5) is 5.69 Å².